The van der Waals surface area contributed by atoms with Crippen LogP contribution in [0.4, 0.5) is 16.7 Å². The Morgan fingerprint density at radius 2 is 2.00 bits per heavy atom. The van der Waals surface area contributed by atoms with E-state index >= 15 is 0 Å². The van der Waals surface area contributed by atoms with Gasteiger partial charge in [-0.1, -0.05) is 6.92 Å². The fourth-order valence-electron chi connectivity index (χ4n) is 1.17. The average molecular weight is 269 g/mol. The summed E-state index contributed by atoms with van der Waals surface area (Å²) in [4.78, 5) is 22.8. The van der Waals surface area contributed by atoms with E-state index in [1.165, 1.54) is 0 Å². The van der Waals surface area contributed by atoms with Crippen LogP contribution in [0.15, 0.2) is 0 Å². The van der Waals surface area contributed by atoms with Gasteiger partial charge in [-0.25, -0.2) is 4.79 Å². The van der Waals surface area contributed by atoms with E-state index in [0.29, 0.717) is 31.6 Å². The number of carbonyl (C=O) groups is 1. The number of nitrogens with one attached hydrogen (secondary N) is 3. The van der Waals surface area contributed by atoms with Crippen LogP contribution in [-0.2, 0) is 0 Å². The van der Waals surface area contributed by atoms with E-state index < -0.39 is 6.03 Å². The predicted molar refractivity (Wildman–Crippen MR) is 71.2 cm³/mol. The number of rotatable bonds is 8. The van der Waals surface area contributed by atoms with Crippen molar-refractivity contribution in [1.29, 1.82) is 0 Å². The fourth-order valence-corrected chi connectivity index (χ4v) is 1.17. The van der Waals surface area contributed by atoms with Gasteiger partial charge >= 0.3 is 12.0 Å². The number of hydrogen-bond acceptors (Lipinski definition) is 7. The second-order valence-electron chi connectivity index (χ2n) is 3.58. The number of nitrogens with zero attached hydrogens (tertiary/aromatic N) is 3. The van der Waals surface area contributed by atoms with Gasteiger partial charge in [0.2, 0.25) is 11.9 Å². The molecular weight excluding hydrogens is 250 g/mol. The highest BCUT2D eigenvalue weighted by Crippen LogP contribution is 2.10. The molecule has 1 heterocycles. The molecule has 9 heteroatoms. The summed E-state index contributed by atoms with van der Waals surface area (Å²) in [6.07, 6.45) is 0.867. The van der Waals surface area contributed by atoms with E-state index in [9.17, 15) is 4.79 Å². The minimum atomic E-state index is -0.569. The zero-order valence-corrected chi connectivity index (χ0v) is 11.1. The summed E-state index contributed by atoms with van der Waals surface area (Å²) in [6, 6.07) is -0.313. The molecule has 2 amide bonds. The molecule has 0 aromatic carbocycles. The van der Waals surface area contributed by atoms with Crippen molar-refractivity contribution >= 4 is 17.9 Å². The van der Waals surface area contributed by atoms with Crippen molar-refractivity contribution in [2.75, 3.05) is 37.4 Å². The van der Waals surface area contributed by atoms with Crippen molar-refractivity contribution in [2.45, 2.75) is 13.3 Å². The number of hydrogen-bond donors (Lipinski definition) is 4. The quantitative estimate of drug-likeness (QED) is 0.480. The van der Waals surface area contributed by atoms with Gasteiger partial charge in [-0.3, -0.25) is 0 Å². The Kier molecular flexibility index (Phi) is 6.13. The largest absolute Gasteiger partial charge is 0.463 e. The van der Waals surface area contributed by atoms with E-state index in [4.69, 9.17) is 10.5 Å². The number of ether oxygens (including phenoxy) is 1. The van der Waals surface area contributed by atoms with Crippen molar-refractivity contribution in [3.8, 4) is 6.01 Å². The van der Waals surface area contributed by atoms with E-state index in [2.05, 4.69) is 30.9 Å². The molecule has 1 aromatic heterocycles. The van der Waals surface area contributed by atoms with Gasteiger partial charge in [-0.15, -0.1) is 0 Å². The number of nitrogens with two attached hydrogens (primary N) is 1. The average Bonchev–Trinajstić information content (AvgIpc) is 2.41. The third-order valence-electron chi connectivity index (χ3n) is 1.98. The Balaban J connectivity index is 2.57. The Hall–Kier alpha value is -2.32. The van der Waals surface area contributed by atoms with Gasteiger partial charge in [0.15, 0.2) is 0 Å². The Morgan fingerprint density at radius 3 is 2.63 bits per heavy atom. The molecular formula is C10H19N7O2. The molecule has 19 heavy (non-hydrogen) atoms. The van der Waals surface area contributed by atoms with E-state index in [-0.39, 0.29) is 6.01 Å². The molecule has 0 bridgehead atoms. The molecule has 1 aromatic rings. The number of aromatic nitrogens is 3. The van der Waals surface area contributed by atoms with E-state index in [0.717, 1.165) is 6.42 Å². The molecule has 0 saturated carbocycles. The first kappa shape index (κ1) is 14.7. The highest BCUT2D eigenvalue weighted by molar-refractivity contribution is 5.71. The standard InChI is InChI=1S/C10H19N7O2/c1-3-6-19-10-16-8(12-2)15-9(17-10)14-5-4-13-7(11)18/h3-6H2,1-2H3,(H3,11,13,18)(H2,12,14,15,16,17). The van der Waals surface area contributed by atoms with Crippen molar-refractivity contribution in [1.82, 2.24) is 20.3 Å². The summed E-state index contributed by atoms with van der Waals surface area (Å²) in [7, 11) is 1.71. The van der Waals surface area contributed by atoms with Gasteiger partial charge in [0.25, 0.3) is 0 Å². The van der Waals surface area contributed by atoms with Crippen molar-refractivity contribution in [3.63, 3.8) is 0 Å². The molecule has 1 rings (SSSR count). The SMILES string of the molecule is CCCOc1nc(NC)nc(NCCNC(N)=O)n1. The molecule has 0 aliphatic rings. The van der Waals surface area contributed by atoms with Gasteiger partial charge in [0.05, 0.1) is 6.61 Å². The predicted octanol–water partition coefficient (Wildman–Crippen LogP) is -0.218. The van der Waals surface area contributed by atoms with Crippen LogP contribution in [0.5, 0.6) is 6.01 Å². The minimum absolute atomic E-state index is 0.256. The summed E-state index contributed by atoms with van der Waals surface area (Å²) in [6.45, 7) is 3.36. The van der Waals surface area contributed by atoms with Crippen LogP contribution in [0.25, 0.3) is 0 Å². The molecule has 0 fully saturated rings. The first-order chi connectivity index (χ1) is 9.15. The molecule has 106 valence electrons. The third-order valence-corrected chi connectivity index (χ3v) is 1.98. The Morgan fingerprint density at radius 1 is 1.26 bits per heavy atom. The normalized spacial score (nSPS) is 9.79. The van der Waals surface area contributed by atoms with Gasteiger partial charge in [-0.05, 0) is 6.42 Å². The number of amides is 2. The fraction of sp³-hybridized carbons (Fsp3) is 0.600. The highest BCUT2D eigenvalue weighted by atomic mass is 16.5. The Labute approximate surface area is 111 Å². The summed E-state index contributed by atoms with van der Waals surface area (Å²) >= 11 is 0. The van der Waals surface area contributed by atoms with Crippen LogP contribution >= 0.6 is 0 Å². The number of primary amides is 1. The molecule has 0 aliphatic carbocycles. The zero-order chi connectivity index (χ0) is 14.1. The van der Waals surface area contributed by atoms with Crippen LogP contribution < -0.4 is 26.4 Å². The Bertz CT molecular complexity index is 413. The van der Waals surface area contributed by atoms with Crippen LogP contribution in [0.2, 0.25) is 0 Å². The van der Waals surface area contributed by atoms with Gasteiger partial charge in [0.1, 0.15) is 0 Å². The molecule has 0 radical (unpaired) electrons. The lowest BCUT2D eigenvalue weighted by atomic mass is 10.5. The monoisotopic (exact) mass is 269 g/mol. The van der Waals surface area contributed by atoms with Crippen LogP contribution in [0.1, 0.15) is 13.3 Å². The van der Waals surface area contributed by atoms with Gasteiger partial charge in [-0.2, -0.15) is 15.0 Å². The first-order valence-electron chi connectivity index (χ1n) is 5.99. The van der Waals surface area contributed by atoms with Crippen molar-refractivity contribution in [2.24, 2.45) is 5.73 Å². The molecule has 0 saturated heterocycles. The smallest absolute Gasteiger partial charge is 0.323 e. The van der Waals surface area contributed by atoms with Gasteiger partial charge in [0, 0.05) is 20.1 Å². The summed E-state index contributed by atoms with van der Waals surface area (Å²) < 4.78 is 5.35. The highest BCUT2D eigenvalue weighted by Gasteiger charge is 2.06. The van der Waals surface area contributed by atoms with Crippen molar-refractivity contribution in [3.05, 3.63) is 0 Å². The number of carbonyl (C=O) groups excluding carboxylic acids is 1. The van der Waals surface area contributed by atoms with Crippen molar-refractivity contribution < 1.29 is 9.53 Å². The maximum absolute atomic E-state index is 10.5. The lowest BCUT2D eigenvalue weighted by Gasteiger charge is -2.09. The molecule has 0 atom stereocenters. The molecule has 0 unspecified atom stereocenters. The second kappa shape index (κ2) is 7.90. The van der Waals surface area contributed by atoms with E-state index in [1.807, 2.05) is 6.92 Å². The van der Waals surface area contributed by atoms with Gasteiger partial charge < -0.3 is 26.4 Å². The van der Waals surface area contributed by atoms with Crippen LogP contribution in [-0.4, -0.2) is 47.7 Å². The summed E-state index contributed by atoms with van der Waals surface area (Å²) in [5.41, 5.74) is 4.95. The van der Waals surface area contributed by atoms with Crippen LogP contribution in [0, 0.1) is 0 Å². The number of anilines is 2. The lowest BCUT2D eigenvalue weighted by molar-refractivity contribution is 0.249. The molecule has 0 aliphatic heterocycles. The van der Waals surface area contributed by atoms with E-state index in [1.54, 1.807) is 7.05 Å². The summed E-state index contributed by atoms with van der Waals surface area (Å²) in [5.74, 6) is 0.781. The number of urea groups is 1. The maximum Gasteiger partial charge on any atom is 0.323 e. The second-order valence-corrected chi connectivity index (χ2v) is 3.58. The lowest BCUT2D eigenvalue weighted by Crippen LogP contribution is -2.33. The topological polar surface area (TPSA) is 127 Å². The first-order valence-corrected chi connectivity index (χ1v) is 5.99. The minimum Gasteiger partial charge on any atom is -0.463 e. The molecule has 9 nitrogen and oxygen atoms in total. The molecule has 5 N–H and O–H groups in total. The molecule has 0 spiro atoms. The summed E-state index contributed by atoms with van der Waals surface area (Å²) in [5, 5.41) is 8.21. The van der Waals surface area contributed by atoms with Crippen LogP contribution in [0.3, 0.4) is 0 Å². The maximum atomic E-state index is 10.5. The third kappa shape index (κ3) is 5.70. The zero-order valence-electron chi connectivity index (χ0n) is 11.1.